The van der Waals surface area contributed by atoms with E-state index in [-0.39, 0.29) is 6.10 Å². The van der Waals surface area contributed by atoms with Gasteiger partial charge in [0.2, 0.25) is 0 Å². The van der Waals surface area contributed by atoms with Crippen LogP contribution in [0.4, 0.5) is 0 Å². The average molecular weight is 136 g/mol. The molecule has 0 bridgehead atoms. The van der Waals surface area contributed by atoms with E-state index >= 15 is 0 Å². The topological polar surface area (TPSA) is 27.7 Å². The second kappa shape index (κ2) is 2.74. The first kappa shape index (κ1) is 6.43. The quantitative estimate of drug-likeness (QED) is 0.508. The molecule has 1 heterocycles. The fourth-order valence-corrected chi connectivity index (χ4v) is 1.41. The van der Waals surface area contributed by atoms with E-state index in [1.54, 1.807) is 7.11 Å². The van der Waals surface area contributed by atoms with E-state index in [4.69, 9.17) is 13.6 Å². The molecule has 0 aromatic carbocycles. The Morgan fingerprint density at radius 1 is 1.75 bits per heavy atom. The van der Waals surface area contributed by atoms with Crippen molar-refractivity contribution in [2.24, 2.45) is 0 Å². The molecule has 8 heavy (non-hydrogen) atoms. The molecule has 4 heteroatoms. The Balaban J connectivity index is 2.22. The fourth-order valence-electron chi connectivity index (χ4n) is 0.469. The first-order chi connectivity index (χ1) is 3.83. The predicted octanol–water partition coefficient (Wildman–Crippen LogP) is 1.29. The third-order valence-electron chi connectivity index (χ3n) is 0.830. The SMILES string of the molecule is CO[P@@]1OC[C@@H](C)O1. The van der Waals surface area contributed by atoms with Crippen LogP contribution in [0, 0.1) is 0 Å². The van der Waals surface area contributed by atoms with Crippen LogP contribution in [-0.4, -0.2) is 19.8 Å². The number of hydrogen-bond acceptors (Lipinski definition) is 3. The summed E-state index contributed by atoms with van der Waals surface area (Å²) in [5, 5.41) is 0. The molecule has 2 atom stereocenters. The van der Waals surface area contributed by atoms with Crippen LogP contribution in [-0.2, 0) is 13.6 Å². The molecule has 1 aliphatic heterocycles. The highest BCUT2D eigenvalue weighted by Gasteiger charge is 2.23. The smallest absolute Gasteiger partial charge is 0.316 e. The third kappa shape index (κ3) is 1.39. The van der Waals surface area contributed by atoms with Crippen molar-refractivity contribution in [2.45, 2.75) is 13.0 Å². The van der Waals surface area contributed by atoms with Gasteiger partial charge in [0.05, 0.1) is 12.7 Å². The highest BCUT2D eigenvalue weighted by molar-refractivity contribution is 7.41. The Labute approximate surface area is 49.9 Å². The molecule has 0 unspecified atom stereocenters. The van der Waals surface area contributed by atoms with E-state index in [0.717, 1.165) is 0 Å². The van der Waals surface area contributed by atoms with Gasteiger partial charge in [-0.2, -0.15) is 0 Å². The first-order valence-corrected chi connectivity index (χ1v) is 3.56. The molecule has 0 spiro atoms. The van der Waals surface area contributed by atoms with Crippen molar-refractivity contribution in [2.75, 3.05) is 13.7 Å². The molecule has 48 valence electrons. The van der Waals surface area contributed by atoms with Crippen molar-refractivity contribution in [3.63, 3.8) is 0 Å². The zero-order valence-corrected chi connectivity index (χ0v) is 5.85. The summed E-state index contributed by atoms with van der Waals surface area (Å²) in [6.07, 6.45) is 0.209. The van der Waals surface area contributed by atoms with Crippen LogP contribution in [0.3, 0.4) is 0 Å². The van der Waals surface area contributed by atoms with Crippen molar-refractivity contribution in [3.8, 4) is 0 Å². The van der Waals surface area contributed by atoms with Gasteiger partial charge in [-0.15, -0.1) is 0 Å². The standard InChI is InChI=1S/C4H9O3P/c1-4-3-6-8(5-2)7-4/h4H,3H2,1-2H3/t4-,8+/m1/s1. The van der Waals surface area contributed by atoms with E-state index in [1.165, 1.54) is 0 Å². The molecular weight excluding hydrogens is 127 g/mol. The van der Waals surface area contributed by atoms with Crippen molar-refractivity contribution in [3.05, 3.63) is 0 Å². The van der Waals surface area contributed by atoms with Crippen molar-refractivity contribution in [1.82, 2.24) is 0 Å². The largest absolute Gasteiger partial charge is 0.332 e. The predicted molar refractivity (Wildman–Crippen MR) is 30.4 cm³/mol. The lowest BCUT2D eigenvalue weighted by molar-refractivity contribution is 0.248. The molecule has 1 aliphatic rings. The molecule has 1 saturated heterocycles. The van der Waals surface area contributed by atoms with Crippen LogP contribution >= 0.6 is 8.60 Å². The third-order valence-corrected chi connectivity index (χ3v) is 2.02. The summed E-state index contributed by atoms with van der Waals surface area (Å²) in [6, 6.07) is 0. The molecule has 1 rings (SSSR count). The minimum atomic E-state index is -0.982. The minimum Gasteiger partial charge on any atom is -0.316 e. The molecular formula is C4H9O3P. The summed E-state index contributed by atoms with van der Waals surface area (Å²) in [7, 11) is 0.605. The van der Waals surface area contributed by atoms with Crippen LogP contribution in [0.15, 0.2) is 0 Å². The van der Waals surface area contributed by atoms with Gasteiger partial charge < -0.3 is 13.6 Å². The molecule has 0 N–H and O–H groups in total. The zero-order valence-electron chi connectivity index (χ0n) is 4.96. The van der Waals surface area contributed by atoms with E-state index in [0.29, 0.717) is 6.61 Å². The number of hydrogen-bond donors (Lipinski definition) is 0. The highest BCUT2D eigenvalue weighted by Crippen LogP contribution is 2.44. The van der Waals surface area contributed by atoms with Gasteiger partial charge in [-0.25, -0.2) is 0 Å². The molecule has 0 aromatic rings. The second-order valence-electron chi connectivity index (χ2n) is 1.62. The van der Waals surface area contributed by atoms with Crippen LogP contribution in [0.5, 0.6) is 0 Å². The Kier molecular flexibility index (Phi) is 2.20. The van der Waals surface area contributed by atoms with Crippen LogP contribution in [0.1, 0.15) is 6.92 Å². The number of rotatable bonds is 1. The molecule has 1 fully saturated rings. The van der Waals surface area contributed by atoms with Gasteiger partial charge in [0, 0.05) is 7.11 Å². The average Bonchev–Trinajstić information content (AvgIpc) is 2.14. The van der Waals surface area contributed by atoms with Crippen LogP contribution in [0.2, 0.25) is 0 Å². The Morgan fingerprint density at radius 3 is 2.75 bits per heavy atom. The molecule has 0 saturated carbocycles. The summed E-state index contributed by atoms with van der Waals surface area (Å²) < 4.78 is 15.0. The van der Waals surface area contributed by atoms with E-state index < -0.39 is 8.60 Å². The first-order valence-electron chi connectivity index (χ1n) is 2.47. The molecule has 0 amide bonds. The Bertz CT molecular complexity index is 77.7. The maximum atomic E-state index is 5.13. The summed E-state index contributed by atoms with van der Waals surface area (Å²) in [6.45, 7) is 2.63. The van der Waals surface area contributed by atoms with Crippen molar-refractivity contribution < 1.29 is 13.6 Å². The minimum absolute atomic E-state index is 0.209. The zero-order chi connectivity index (χ0) is 5.98. The van der Waals surface area contributed by atoms with Gasteiger partial charge >= 0.3 is 8.60 Å². The van der Waals surface area contributed by atoms with Gasteiger partial charge in [-0.3, -0.25) is 0 Å². The molecule has 3 nitrogen and oxygen atoms in total. The van der Waals surface area contributed by atoms with Crippen LogP contribution in [0.25, 0.3) is 0 Å². The fraction of sp³-hybridized carbons (Fsp3) is 1.00. The van der Waals surface area contributed by atoms with Gasteiger partial charge in [-0.05, 0) is 6.92 Å². The lowest BCUT2D eigenvalue weighted by atomic mass is 10.5. The normalized spacial score (nSPS) is 38.2. The van der Waals surface area contributed by atoms with E-state index in [2.05, 4.69) is 0 Å². The van der Waals surface area contributed by atoms with E-state index in [9.17, 15) is 0 Å². The molecule has 0 aliphatic carbocycles. The Morgan fingerprint density at radius 2 is 2.50 bits per heavy atom. The monoisotopic (exact) mass is 136 g/mol. The lowest BCUT2D eigenvalue weighted by Gasteiger charge is -2.01. The Hall–Kier alpha value is 0.310. The van der Waals surface area contributed by atoms with Gasteiger partial charge in [-0.1, -0.05) is 0 Å². The maximum Gasteiger partial charge on any atom is 0.332 e. The molecule has 0 radical (unpaired) electrons. The van der Waals surface area contributed by atoms with Crippen molar-refractivity contribution in [1.29, 1.82) is 0 Å². The van der Waals surface area contributed by atoms with Gasteiger partial charge in [0.15, 0.2) is 0 Å². The molecule has 0 aromatic heterocycles. The maximum absolute atomic E-state index is 5.13. The van der Waals surface area contributed by atoms with Gasteiger partial charge in [0.25, 0.3) is 0 Å². The summed E-state index contributed by atoms with van der Waals surface area (Å²) in [5.74, 6) is 0. The van der Waals surface area contributed by atoms with Crippen molar-refractivity contribution >= 4 is 8.60 Å². The highest BCUT2D eigenvalue weighted by atomic mass is 31.2. The second-order valence-corrected chi connectivity index (χ2v) is 2.90. The summed E-state index contributed by atoms with van der Waals surface area (Å²) in [5.41, 5.74) is 0. The van der Waals surface area contributed by atoms with Crippen LogP contribution < -0.4 is 0 Å². The van der Waals surface area contributed by atoms with Gasteiger partial charge in [0.1, 0.15) is 0 Å². The lowest BCUT2D eigenvalue weighted by Crippen LogP contribution is -1.99. The summed E-state index contributed by atoms with van der Waals surface area (Å²) >= 11 is 0. The van der Waals surface area contributed by atoms with E-state index in [1.807, 2.05) is 6.92 Å². The summed E-state index contributed by atoms with van der Waals surface area (Å²) in [4.78, 5) is 0.